The van der Waals surface area contributed by atoms with Gasteiger partial charge in [-0.1, -0.05) is 32.5 Å². The molecule has 5 nitrogen and oxygen atoms in total. The highest BCUT2D eigenvalue weighted by atomic mass is 35.5. The van der Waals surface area contributed by atoms with Gasteiger partial charge in [-0.3, -0.25) is 14.8 Å². The first-order valence-electron chi connectivity index (χ1n) is 5.78. The van der Waals surface area contributed by atoms with E-state index >= 15 is 0 Å². The van der Waals surface area contributed by atoms with Crippen LogP contribution in [0.1, 0.15) is 32.4 Å². The van der Waals surface area contributed by atoms with Crippen LogP contribution < -0.4 is 0 Å². The normalized spacial score (nSPS) is 13.0. The van der Waals surface area contributed by atoms with Gasteiger partial charge in [-0.25, -0.2) is 0 Å². The van der Waals surface area contributed by atoms with E-state index in [2.05, 4.69) is 5.10 Å². The summed E-state index contributed by atoms with van der Waals surface area (Å²) in [6, 6.07) is 0. The van der Waals surface area contributed by atoms with Crippen LogP contribution in [0.3, 0.4) is 0 Å². The van der Waals surface area contributed by atoms with Crippen LogP contribution in [0.4, 0.5) is 5.69 Å². The lowest BCUT2D eigenvalue weighted by Crippen LogP contribution is -2.02. The summed E-state index contributed by atoms with van der Waals surface area (Å²) in [5.74, 6) is 1.65. The standard InChI is InChI=1S/C11H18ClN3O2S/c1-7(2)9-10(15(16)17)11(14(4)13-9)18-6-8(3)5-12/h7-8H,5-6H2,1-4H3. The van der Waals surface area contributed by atoms with Crippen LogP contribution in [0.2, 0.25) is 0 Å². The fraction of sp³-hybridized carbons (Fsp3) is 0.727. The minimum Gasteiger partial charge on any atom is -0.258 e. The Morgan fingerprint density at radius 1 is 1.50 bits per heavy atom. The second-order valence-corrected chi connectivity index (χ2v) is 5.96. The van der Waals surface area contributed by atoms with Crippen molar-refractivity contribution in [3.05, 3.63) is 15.8 Å². The van der Waals surface area contributed by atoms with E-state index < -0.39 is 0 Å². The minimum absolute atomic E-state index is 0.0383. The van der Waals surface area contributed by atoms with Gasteiger partial charge in [-0.05, 0) is 5.92 Å². The maximum absolute atomic E-state index is 11.2. The number of alkyl halides is 1. The van der Waals surface area contributed by atoms with Gasteiger partial charge in [0, 0.05) is 24.6 Å². The number of thioether (sulfide) groups is 1. The Labute approximate surface area is 116 Å². The van der Waals surface area contributed by atoms with Crippen LogP contribution in [0.25, 0.3) is 0 Å². The molecule has 0 saturated heterocycles. The monoisotopic (exact) mass is 291 g/mol. The summed E-state index contributed by atoms with van der Waals surface area (Å²) in [6.45, 7) is 5.84. The molecule has 1 unspecified atom stereocenters. The molecule has 0 aliphatic rings. The predicted molar refractivity (Wildman–Crippen MR) is 74.6 cm³/mol. The number of nitro groups is 1. The van der Waals surface area contributed by atoms with Crippen molar-refractivity contribution in [1.82, 2.24) is 9.78 Å². The van der Waals surface area contributed by atoms with Crippen molar-refractivity contribution < 1.29 is 4.92 Å². The van der Waals surface area contributed by atoms with Gasteiger partial charge in [0.25, 0.3) is 0 Å². The van der Waals surface area contributed by atoms with E-state index in [1.807, 2.05) is 20.8 Å². The topological polar surface area (TPSA) is 61.0 Å². The molecule has 0 N–H and O–H groups in total. The van der Waals surface area contributed by atoms with Gasteiger partial charge in [0.15, 0.2) is 5.03 Å². The lowest BCUT2D eigenvalue weighted by molar-refractivity contribution is -0.388. The number of nitrogens with zero attached hydrogens (tertiary/aromatic N) is 3. The quantitative estimate of drug-likeness (QED) is 0.349. The third-order valence-electron chi connectivity index (χ3n) is 2.49. The molecule has 102 valence electrons. The Kier molecular flexibility index (Phi) is 5.47. The van der Waals surface area contributed by atoms with Gasteiger partial charge in [0.1, 0.15) is 5.69 Å². The van der Waals surface area contributed by atoms with E-state index in [0.717, 1.165) is 5.75 Å². The van der Waals surface area contributed by atoms with Crippen molar-refractivity contribution in [3.8, 4) is 0 Å². The van der Waals surface area contributed by atoms with Crippen molar-refractivity contribution in [1.29, 1.82) is 0 Å². The number of hydrogen-bond acceptors (Lipinski definition) is 4. The van der Waals surface area contributed by atoms with Crippen molar-refractivity contribution in [2.75, 3.05) is 11.6 Å². The zero-order valence-corrected chi connectivity index (χ0v) is 12.6. The first-order chi connectivity index (χ1) is 8.38. The van der Waals surface area contributed by atoms with Crippen LogP contribution in [-0.2, 0) is 7.05 Å². The molecule has 0 bridgehead atoms. The Hall–Kier alpha value is -0.750. The molecule has 1 rings (SSSR count). The number of hydrogen-bond donors (Lipinski definition) is 0. The zero-order valence-electron chi connectivity index (χ0n) is 11.0. The summed E-state index contributed by atoms with van der Waals surface area (Å²) in [6.07, 6.45) is 0. The molecule has 0 amide bonds. The molecule has 1 aromatic heterocycles. The van der Waals surface area contributed by atoms with Crippen molar-refractivity contribution in [3.63, 3.8) is 0 Å². The molecular formula is C11H18ClN3O2S. The summed E-state index contributed by atoms with van der Waals surface area (Å²) < 4.78 is 1.60. The molecule has 7 heteroatoms. The highest BCUT2D eigenvalue weighted by Crippen LogP contribution is 2.36. The Morgan fingerprint density at radius 3 is 2.56 bits per heavy atom. The highest BCUT2D eigenvalue weighted by molar-refractivity contribution is 7.99. The molecule has 1 aromatic rings. The molecule has 18 heavy (non-hydrogen) atoms. The summed E-state index contributed by atoms with van der Waals surface area (Å²) in [5, 5.41) is 16.1. The van der Waals surface area contributed by atoms with Crippen molar-refractivity contribution in [2.45, 2.75) is 31.7 Å². The molecular weight excluding hydrogens is 274 g/mol. The third-order valence-corrected chi connectivity index (χ3v) is 4.49. The zero-order chi connectivity index (χ0) is 13.9. The van der Waals surface area contributed by atoms with Gasteiger partial charge in [-0.15, -0.1) is 11.6 Å². The molecule has 0 fully saturated rings. The first kappa shape index (κ1) is 15.3. The minimum atomic E-state index is -0.337. The average molecular weight is 292 g/mol. The molecule has 0 aliphatic heterocycles. The fourth-order valence-electron chi connectivity index (χ4n) is 1.51. The lowest BCUT2D eigenvalue weighted by atomic mass is 10.1. The van der Waals surface area contributed by atoms with E-state index in [1.165, 1.54) is 11.8 Å². The van der Waals surface area contributed by atoms with Gasteiger partial charge >= 0.3 is 5.69 Å². The van der Waals surface area contributed by atoms with E-state index in [4.69, 9.17) is 11.6 Å². The van der Waals surface area contributed by atoms with Crippen LogP contribution in [0.15, 0.2) is 5.03 Å². The maximum Gasteiger partial charge on any atom is 0.324 e. The first-order valence-corrected chi connectivity index (χ1v) is 7.30. The molecule has 0 spiro atoms. The number of rotatable bonds is 6. The van der Waals surface area contributed by atoms with Gasteiger partial charge in [-0.2, -0.15) is 5.10 Å². The van der Waals surface area contributed by atoms with E-state index in [0.29, 0.717) is 22.5 Å². The third kappa shape index (κ3) is 3.38. The van der Waals surface area contributed by atoms with Crippen molar-refractivity contribution >= 4 is 29.1 Å². The molecule has 0 radical (unpaired) electrons. The molecule has 0 saturated carbocycles. The fourth-order valence-corrected chi connectivity index (χ4v) is 2.85. The lowest BCUT2D eigenvalue weighted by Gasteiger charge is -2.06. The average Bonchev–Trinajstić information content (AvgIpc) is 2.63. The van der Waals surface area contributed by atoms with Gasteiger partial charge in [0.2, 0.25) is 0 Å². The predicted octanol–water partition coefficient (Wildman–Crippen LogP) is 3.42. The second-order valence-electron chi connectivity index (χ2n) is 4.64. The molecule has 1 atom stereocenters. The Bertz CT molecular complexity index is 434. The Balaban J connectivity index is 3.06. The number of aromatic nitrogens is 2. The van der Waals surface area contributed by atoms with Crippen LogP contribution in [-0.4, -0.2) is 26.3 Å². The summed E-state index contributed by atoms with van der Waals surface area (Å²) in [5.41, 5.74) is 0.683. The number of halogens is 1. The maximum atomic E-state index is 11.2. The van der Waals surface area contributed by atoms with Crippen LogP contribution in [0, 0.1) is 16.0 Å². The van der Waals surface area contributed by atoms with Gasteiger partial charge in [0.05, 0.1) is 4.92 Å². The van der Waals surface area contributed by atoms with Crippen LogP contribution >= 0.6 is 23.4 Å². The summed E-state index contributed by atoms with van der Waals surface area (Å²) in [7, 11) is 1.74. The van der Waals surface area contributed by atoms with Crippen LogP contribution in [0.5, 0.6) is 0 Å². The van der Waals surface area contributed by atoms with Crippen molar-refractivity contribution in [2.24, 2.45) is 13.0 Å². The summed E-state index contributed by atoms with van der Waals surface area (Å²) in [4.78, 5) is 10.9. The highest BCUT2D eigenvalue weighted by Gasteiger charge is 2.28. The molecule has 1 heterocycles. The van der Waals surface area contributed by atoms with E-state index in [1.54, 1.807) is 11.7 Å². The smallest absolute Gasteiger partial charge is 0.258 e. The Morgan fingerprint density at radius 2 is 2.11 bits per heavy atom. The summed E-state index contributed by atoms with van der Waals surface area (Å²) >= 11 is 7.19. The van der Waals surface area contributed by atoms with E-state index in [-0.39, 0.29) is 16.5 Å². The van der Waals surface area contributed by atoms with E-state index in [9.17, 15) is 10.1 Å². The SMILES string of the molecule is CC(CCl)CSc1c([N+](=O)[O-])c(C(C)C)nn1C. The number of aryl methyl sites for hydroxylation is 1. The molecule has 0 aliphatic carbocycles. The second kappa shape index (κ2) is 6.43. The largest absolute Gasteiger partial charge is 0.324 e. The molecule has 0 aromatic carbocycles. The van der Waals surface area contributed by atoms with Gasteiger partial charge < -0.3 is 0 Å².